The highest BCUT2D eigenvalue weighted by atomic mass is 35.5. The normalized spacial score (nSPS) is 15.8. The van der Waals surface area contributed by atoms with Gasteiger partial charge in [-0.1, -0.05) is 16.8 Å². The predicted octanol–water partition coefficient (Wildman–Crippen LogP) is 2.30. The van der Waals surface area contributed by atoms with Crippen LogP contribution in [0.1, 0.15) is 21.8 Å². The lowest BCUT2D eigenvalue weighted by atomic mass is 10.1. The van der Waals surface area contributed by atoms with E-state index in [0.29, 0.717) is 25.2 Å². The van der Waals surface area contributed by atoms with Crippen molar-refractivity contribution in [2.45, 2.75) is 13.5 Å². The Balaban J connectivity index is 1.57. The van der Waals surface area contributed by atoms with Crippen molar-refractivity contribution in [2.24, 2.45) is 0 Å². The van der Waals surface area contributed by atoms with E-state index in [9.17, 15) is 9.90 Å². The van der Waals surface area contributed by atoms with Gasteiger partial charge in [0.1, 0.15) is 5.75 Å². The number of nitrogens with zero attached hydrogens (tertiary/aromatic N) is 3. The van der Waals surface area contributed by atoms with Crippen LogP contribution in [0.5, 0.6) is 5.75 Å². The second kappa shape index (κ2) is 6.60. The molecule has 1 amide bonds. The first-order valence-electron chi connectivity index (χ1n) is 7.45. The number of aryl methyl sites for hydroxylation is 1. The summed E-state index contributed by atoms with van der Waals surface area (Å²) in [6.07, 6.45) is 0. The average molecular weight is 336 g/mol. The van der Waals surface area contributed by atoms with E-state index in [4.69, 9.17) is 16.1 Å². The van der Waals surface area contributed by atoms with Gasteiger partial charge in [-0.05, 0) is 25.1 Å². The van der Waals surface area contributed by atoms with Crippen LogP contribution in [0.3, 0.4) is 0 Å². The maximum atomic E-state index is 12.5. The van der Waals surface area contributed by atoms with Crippen molar-refractivity contribution in [1.29, 1.82) is 0 Å². The Morgan fingerprint density at radius 2 is 2.04 bits per heavy atom. The zero-order valence-electron chi connectivity index (χ0n) is 12.8. The molecule has 0 bridgehead atoms. The van der Waals surface area contributed by atoms with Crippen LogP contribution in [-0.4, -0.2) is 52.1 Å². The lowest BCUT2D eigenvalue weighted by Gasteiger charge is -2.34. The van der Waals surface area contributed by atoms with Crippen molar-refractivity contribution >= 4 is 17.5 Å². The van der Waals surface area contributed by atoms with Crippen LogP contribution in [0, 0.1) is 6.92 Å². The van der Waals surface area contributed by atoms with Crippen LogP contribution in [-0.2, 0) is 6.54 Å². The lowest BCUT2D eigenvalue weighted by Crippen LogP contribution is -2.48. The van der Waals surface area contributed by atoms with Gasteiger partial charge < -0.3 is 14.5 Å². The molecule has 0 aliphatic carbocycles. The van der Waals surface area contributed by atoms with E-state index >= 15 is 0 Å². The van der Waals surface area contributed by atoms with Gasteiger partial charge >= 0.3 is 0 Å². The molecule has 3 rings (SSSR count). The Morgan fingerprint density at radius 3 is 2.65 bits per heavy atom. The van der Waals surface area contributed by atoms with Crippen molar-refractivity contribution in [3.63, 3.8) is 0 Å². The van der Waals surface area contributed by atoms with E-state index in [-0.39, 0.29) is 16.7 Å². The minimum absolute atomic E-state index is 0.0182. The molecule has 1 N–H and O–H groups in total. The molecule has 0 unspecified atom stereocenters. The van der Waals surface area contributed by atoms with E-state index in [1.807, 2.05) is 13.0 Å². The largest absolute Gasteiger partial charge is 0.506 e. The van der Waals surface area contributed by atoms with Crippen molar-refractivity contribution in [1.82, 2.24) is 15.0 Å². The Labute approximate surface area is 139 Å². The third kappa shape index (κ3) is 3.65. The quantitative estimate of drug-likeness (QED) is 0.932. The number of aromatic hydroxyl groups is 1. The molecule has 1 fully saturated rings. The van der Waals surface area contributed by atoms with Crippen molar-refractivity contribution in [3.8, 4) is 5.75 Å². The van der Waals surface area contributed by atoms with Crippen LogP contribution in [0.25, 0.3) is 0 Å². The fourth-order valence-electron chi connectivity index (χ4n) is 2.64. The molecule has 23 heavy (non-hydrogen) atoms. The smallest absolute Gasteiger partial charge is 0.253 e. The first-order valence-corrected chi connectivity index (χ1v) is 7.83. The number of carbonyl (C=O) groups excluding carboxylic acids is 1. The fourth-order valence-corrected chi connectivity index (χ4v) is 2.82. The van der Waals surface area contributed by atoms with Gasteiger partial charge in [-0.25, -0.2) is 0 Å². The maximum absolute atomic E-state index is 12.5. The zero-order valence-corrected chi connectivity index (χ0v) is 13.6. The summed E-state index contributed by atoms with van der Waals surface area (Å²) in [5.74, 6) is 0.755. The highest BCUT2D eigenvalue weighted by molar-refractivity contribution is 6.32. The molecule has 1 saturated heterocycles. The number of halogens is 1. The van der Waals surface area contributed by atoms with Crippen molar-refractivity contribution in [3.05, 3.63) is 46.3 Å². The standard InChI is InChI=1S/C16H18ClN3O3/c1-11-8-13(23-18-11)10-19-4-6-20(7-5-19)16(22)12-2-3-15(21)14(17)9-12/h2-3,8-9,21H,4-7,10H2,1H3. The van der Waals surface area contributed by atoms with E-state index in [2.05, 4.69) is 10.1 Å². The van der Waals surface area contributed by atoms with Crippen LogP contribution in [0.2, 0.25) is 5.02 Å². The molecule has 1 aliphatic rings. The van der Waals surface area contributed by atoms with Gasteiger partial charge in [-0.2, -0.15) is 0 Å². The number of hydrogen-bond donors (Lipinski definition) is 1. The number of phenols is 1. The lowest BCUT2D eigenvalue weighted by molar-refractivity contribution is 0.0617. The molecule has 2 aromatic rings. The van der Waals surface area contributed by atoms with Gasteiger partial charge in [0.2, 0.25) is 0 Å². The van der Waals surface area contributed by atoms with Gasteiger partial charge in [0, 0.05) is 37.8 Å². The number of benzene rings is 1. The molecular weight excluding hydrogens is 318 g/mol. The minimum Gasteiger partial charge on any atom is -0.506 e. The summed E-state index contributed by atoms with van der Waals surface area (Å²) in [6, 6.07) is 6.46. The van der Waals surface area contributed by atoms with Gasteiger partial charge in [0.05, 0.1) is 17.3 Å². The third-order valence-electron chi connectivity index (χ3n) is 3.91. The van der Waals surface area contributed by atoms with Crippen LogP contribution in [0.4, 0.5) is 0 Å². The number of amides is 1. The molecule has 1 aliphatic heterocycles. The Hall–Kier alpha value is -2.05. The molecule has 1 aromatic carbocycles. The first-order chi connectivity index (χ1) is 11.0. The van der Waals surface area contributed by atoms with Crippen LogP contribution >= 0.6 is 11.6 Å². The molecule has 0 atom stereocenters. The third-order valence-corrected chi connectivity index (χ3v) is 4.21. The number of carbonyl (C=O) groups is 1. The van der Waals surface area contributed by atoms with E-state index in [1.54, 1.807) is 11.0 Å². The van der Waals surface area contributed by atoms with E-state index in [0.717, 1.165) is 24.5 Å². The highest BCUT2D eigenvalue weighted by Crippen LogP contribution is 2.24. The van der Waals surface area contributed by atoms with E-state index < -0.39 is 0 Å². The number of hydrogen-bond acceptors (Lipinski definition) is 5. The fraction of sp³-hybridized carbons (Fsp3) is 0.375. The monoisotopic (exact) mass is 335 g/mol. The van der Waals surface area contributed by atoms with Gasteiger partial charge in [0.15, 0.2) is 5.76 Å². The highest BCUT2D eigenvalue weighted by Gasteiger charge is 2.23. The van der Waals surface area contributed by atoms with Gasteiger partial charge in [-0.3, -0.25) is 9.69 Å². The number of aromatic nitrogens is 1. The topological polar surface area (TPSA) is 69.8 Å². The van der Waals surface area contributed by atoms with Gasteiger partial charge in [-0.15, -0.1) is 0 Å². The molecule has 0 spiro atoms. The Morgan fingerprint density at radius 1 is 1.30 bits per heavy atom. The summed E-state index contributed by atoms with van der Waals surface area (Å²) >= 11 is 5.87. The summed E-state index contributed by atoms with van der Waals surface area (Å²) < 4.78 is 5.22. The molecule has 7 heteroatoms. The summed E-state index contributed by atoms with van der Waals surface area (Å²) in [4.78, 5) is 16.5. The second-order valence-electron chi connectivity index (χ2n) is 5.67. The first kappa shape index (κ1) is 15.8. The molecular formula is C16H18ClN3O3. The molecule has 122 valence electrons. The molecule has 1 aromatic heterocycles. The molecule has 0 radical (unpaired) electrons. The summed E-state index contributed by atoms with van der Waals surface area (Å²) in [5, 5.41) is 13.5. The predicted molar refractivity (Wildman–Crippen MR) is 85.5 cm³/mol. The summed E-state index contributed by atoms with van der Waals surface area (Å²) in [5.41, 5.74) is 1.37. The number of piperazine rings is 1. The minimum atomic E-state index is -0.0675. The summed E-state index contributed by atoms with van der Waals surface area (Å²) in [6.45, 7) is 5.43. The molecule has 6 nitrogen and oxygen atoms in total. The number of phenolic OH excluding ortho intramolecular Hbond substituents is 1. The Kier molecular flexibility index (Phi) is 4.54. The van der Waals surface area contributed by atoms with Crippen molar-refractivity contribution < 1.29 is 14.4 Å². The van der Waals surface area contributed by atoms with E-state index in [1.165, 1.54) is 12.1 Å². The second-order valence-corrected chi connectivity index (χ2v) is 6.08. The molecule has 2 heterocycles. The average Bonchev–Trinajstić information content (AvgIpc) is 2.95. The summed E-state index contributed by atoms with van der Waals surface area (Å²) in [7, 11) is 0. The maximum Gasteiger partial charge on any atom is 0.253 e. The van der Waals surface area contributed by atoms with Crippen molar-refractivity contribution in [2.75, 3.05) is 26.2 Å². The number of rotatable bonds is 3. The molecule has 0 saturated carbocycles. The zero-order chi connectivity index (χ0) is 16.4. The van der Waals surface area contributed by atoms with Crippen LogP contribution < -0.4 is 0 Å². The van der Waals surface area contributed by atoms with Gasteiger partial charge in [0.25, 0.3) is 5.91 Å². The SMILES string of the molecule is Cc1cc(CN2CCN(C(=O)c3ccc(O)c(Cl)c3)CC2)on1. The van der Waals surface area contributed by atoms with Crippen LogP contribution in [0.15, 0.2) is 28.8 Å². The Bertz CT molecular complexity index is 708.